The molecule has 144 valence electrons. The van der Waals surface area contributed by atoms with E-state index in [2.05, 4.69) is 12.1 Å². The summed E-state index contributed by atoms with van der Waals surface area (Å²) in [5.41, 5.74) is 1.75. The molecular weight excluding hydrogens is 330 g/mol. The lowest BCUT2D eigenvalue weighted by Crippen LogP contribution is -2.42. The number of piperidine rings is 1. The molecular formula is C21H31NO4. The normalized spacial score (nSPS) is 20.7. The second kappa shape index (κ2) is 7.37. The van der Waals surface area contributed by atoms with Crippen molar-refractivity contribution in [3.8, 4) is 11.5 Å². The molecule has 1 saturated heterocycles. The summed E-state index contributed by atoms with van der Waals surface area (Å²) in [6.07, 6.45) is 4.35. The van der Waals surface area contributed by atoms with Crippen LogP contribution in [0.15, 0.2) is 12.1 Å². The molecule has 1 heterocycles. The number of carbonyl (C=O) groups excluding carboxylic acids is 1. The van der Waals surface area contributed by atoms with Gasteiger partial charge in [0.25, 0.3) is 0 Å². The second-order valence-corrected chi connectivity index (χ2v) is 8.44. The number of benzene rings is 1. The molecule has 26 heavy (non-hydrogen) atoms. The van der Waals surface area contributed by atoms with Crippen LogP contribution in [0.1, 0.15) is 63.5 Å². The number of rotatable bonds is 4. The molecule has 5 nitrogen and oxygen atoms in total. The summed E-state index contributed by atoms with van der Waals surface area (Å²) < 4.78 is 17.3. The van der Waals surface area contributed by atoms with Gasteiger partial charge < -0.3 is 19.1 Å². The summed E-state index contributed by atoms with van der Waals surface area (Å²) in [6.45, 7) is 9.14. The van der Waals surface area contributed by atoms with Crippen LogP contribution >= 0.6 is 0 Å². The quantitative estimate of drug-likeness (QED) is 0.782. The van der Waals surface area contributed by atoms with Crippen LogP contribution in [0.25, 0.3) is 0 Å². The monoisotopic (exact) mass is 361 g/mol. The maximum atomic E-state index is 12.5. The Kier molecular flexibility index (Phi) is 5.35. The molecule has 1 saturated carbocycles. The van der Waals surface area contributed by atoms with E-state index in [-0.39, 0.29) is 12.0 Å². The van der Waals surface area contributed by atoms with Gasteiger partial charge in [-0.15, -0.1) is 0 Å². The van der Waals surface area contributed by atoms with Crippen LogP contribution in [-0.2, 0) is 4.74 Å². The van der Waals surface area contributed by atoms with Crippen molar-refractivity contribution in [1.29, 1.82) is 0 Å². The van der Waals surface area contributed by atoms with E-state index >= 15 is 0 Å². The molecule has 0 radical (unpaired) electrons. The van der Waals surface area contributed by atoms with Crippen LogP contribution in [0.3, 0.4) is 0 Å². The number of amides is 1. The fourth-order valence-corrected chi connectivity index (χ4v) is 3.41. The fourth-order valence-electron chi connectivity index (χ4n) is 3.41. The molecule has 1 aliphatic heterocycles. The van der Waals surface area contributed by atoms with E-state index in [0.29, 0.717) is 12.6 Å². The van der Waals surface area contributed by atoms with Gasteiger partial charge in [-0.05, 0) is 71.1 Å². The van der Waals surface area contributed by atoms with E-state index in [0.717, 1.165) is 54.9 Å². The third-order valence-corrected chi connectivity index (χ3v) is 4.86. The number of hydrogen-bond donors (Lipinski definition) is 0. The van der Waals surface area contributed by atoms with E-state index in [1.54, 1.807) is 7.11 Å². The van der Waals surface area contributed by atoms with Gasteiger partial charge in [0.1, 0.15) is 17.1 Å². The fraction of sp³-hybridized carbons (Fsp3) is 0.667. The highest BCUT2D eigenvalue weighted by molar-refractivity contribution is 5.68. The molecule has 5 heteroatoms. The van der Waals surface area contributed by atoms with Gasteiger partial charge in [0, 0.05) is 24.6 Å². The smallest absolute Gasteiger partial charge is 0.410 e. The predicted molar refractivity (Wildman–Crippen MR) is 101 cm³/mol. The molecule has 1 atom stereocenters. The topological polar surface area (TPSA) is 48.0 Å². The Morgan fingerprint density at radius 3 is 2.50 bits per heavy atom. The molecule has 1 amide bonds. The number of aryl methyl sites for hydroxylation is 1. The van der Waals surface area contributed by atoms with E-state index in [4.69, 9.17) is 14.2 Å². The molecule has 0 bridgehead atoms. The standard InChI is InChI=1S/C21H31NO4/c1-14-11-19(25-16-8-9-16)17(12-18(14)24-5)15-7-6-10-22(13-15)20(23)26-21(2,3)4/h11-12,15-16H,6-10,13H2,1-5H3. The van der Waals surface area contributed by atoms with Crippen molar-refractivity contribution >= 4 is 6.09 Å². The Balaban J connectivity index is 1.81. The Morgan fingerprint density at radius 1 is 1.15 bits per heavy atom. The van der Waals surface area contributed by atoms with Gasteiger partial charge in [-0.25, -0.2) is 4.79 Å². The third kappa shape index (κ3) is 4.63. The van der Waals surface area contributed by atoms with Gasteiger partial charge in [-0.3, -0.25) is 0 Å². The van der Waals surface area contributed by atoms with Crippen molar-refractivity contribution in [3.05, 3.63) is 23.3 Å². The SMILES string of the molecule is COc1cc(C2CCCN(C(=O)OC(C)(C)C)C2)c(OC2CC2)cc1C. The molecule has 0 N–H and O–H groups in total. The average Bonchev–Trinajstić information content (AvgIpc) is 3.38. The third-order valence-electron chi connectivity index (χ3n) is 4.86. The van der Waals surface area contributed by atoms with Crippen molar-refractivity contribution in [2.75, 3.05) is 20.2 Å². The van der Waals surface area contributed by atoms with Crippen LogP contribution in [0.4, 0.5) is 4.79 Å². The second-order valence-electron chi connectivity index (χ2n) is 8.44. The number of nitrogens with zero attached hydrogens (tertiary/aromatic N) is 1. The van der Waals surface area contributed by atoms with E-state index in [9.17, 15) is 4.79 Å². The Morgan fingerprint density at radius 2 is 1.88 bits per heavy atom. The molecule has 1 unspecified atom stereocenters. The molecule has 2 fully saturated rings. The first kappa shape index (κ1) is 18.9. The number of ether oxygens (including phenoxy) is 3. The van der Waals surface area contributed by atoms with E-state index in [1.165, 1.54) is 0 Å². The number of methoxy groups -OCH3 is 1. The molecule has 0 spiro atoms. The van der Waals surface area contributed by atoms with Gasteiger partial charge in [0.15, 0.2) is 0 Å². The van der Waals surface area contributed by atoms with Crippen molar-refractivity contribution < 1.29 is 19.0 Å². The average molecular weight is 361 g/mol. The highest BCUT2D eigenvalue weighted by atomic mass is 16.6. The van der Waals surface area contributed by atoms with Gasteiger partial charge in [0.2, 0.25) is 0 Å². The first-order chi connectivity index (χ1) is 12.3. The van der Waals surface area contributed by atoms with Gasteiger partial charge in [-0.2, -0.15) is 0 Å². The number of carbonyl (C=O) groups is 1. The Hall–Kier alpha value is -1.91. The highest BCUT2D eigenvalue weighted by Gasteiger charge is 2.32. The molecule has 3 rings (SSSR count). The van der Waals surface area contributed by atoms with Crippen LogP contribution in [0, 0.1) is 6.92 Å². The zero-order valence-electron chi connectivity index (χ0n) is 16.6. The van der Waals surface area contributed by atoms with E-state index < -0.39 is 5.60 Å². The summed E-state index contributed by atoms with van der Waals surface area (Å²) in [5, 5.41) is 0. The predicted octanol–water partition coefficient (Wildman–Crippen LogP) is 4.66. The van der Waals surface area contributed by atoms with Gasteiger partial charge in [0.05, 0.1) is 13.2 Å². The summed E-state index contributed by atoms with van der Waals surface area (Å²) in [7, 11) is 1.70. The lowest BCUT2D eigenvalue weighted by Gasteiger charge is -2.35. The molecule has 1 aromatic carbocycles. The van der Waals surface area contributed by atoms with Gasteiger partial charge in [-0.1, -0.05) is 0 Å². The lowest BCUT2D eigenvalue weighted by molar-refractivity contribution is 0.0197. The van der Waals surface area contributed by atoms with Crippen LogP contribution < -0.4 is 9.47 Å². The Bertz CT molecular complexity index is 661. The minimum absolute atomic E-state index is 0.231. The van der Waals surface area contributed by atoms with Crippen molar-refractivity contribution in [1.82, 2.24) is 4.90 Å². The van der Waals surface area contributed by atoms with Crippen LogP contribution in [-0.4, -0.2) is 42.9 Å². The van der Waals surface area contributed by atoms with Crippen molar-refractivity contribution in [3.63, 3.8) is 0 Å². The molecule has 2 aliphatic rings. The summed E-state index contributed by atoms with van der Waals surface area (Å²) in [4.78, 5) is 14.3. The van der Waals surface area contributed by atoms with Crippen LogP contribution in [0.2, 0.25) is 0 Å². The van der Waals surface area contributed by atoms with Crippen molar-refractivity contribution in [2.24, 2.45) is 0 Å². The number of hydrogen-bond acceptors (Lipinski definition) is 4. The lowest BCUT2D eigenvalue weighted by atomic mass is 9.89. The highest BCUT2D eigenvalue weighted by Crippen LogP contribution is 2.40. The minimum atomic E-state index is -0.475. The Labute approximate surface area is 156 Å². The van der Waals surface area contributed by atoms with Crippen molar-refractivity contribution in [2.45, 2.75) is 71.0 Å². The summed E-state index contributed by atoms with van der Waals surface area (Å²) in [6, 6.07) is 4.18. The molecule has 1 aliphatic carbocycles. The van der Waals surface area contributed by atoms with E-state index in [1.807, 2.05) is 32.6 Å². The maximum absolute atomic E-state index is 12.5. The largest absolute Gasteiger partial charge is 0.496 e. The molecule has 1 aromatic rings. The first-order valence-electron chi connectivity index (χ1n) is 9.60. The number of likely N-dealkylation sites (tertiary alicyclic amines) is 1. The van der Waals surface area contributed by atoms with Crippen LogP contribution in [0.5, 0.6) is 11.5 Å². The summed E-state index contributed by atoms with van der Waals surface area (Å²) in [5.74, 6) is 2.05. The van der Waals surface area contributed by atoms with Gasteiger partial charge >= 0.3 is 6.09 Å². The minimum Gasteiger partial charge on any atom is -0.496 e. The summed E-state index contributed by atoms with van der Waals surface area (Å²) >= 11 is 0. The zero-order chi connectivity index (χ0) is 18.9. The molecule has 0 aromatic heterocycles. The zero-order valence-corrected chi connectivity index (χ0v) is 16.6. The first-order valence-corrected chi connectivity index (χ1v) is 9.60. The maximum Gasteiger partial charge on any atom is 0.410 e.